The minimum Gasteiger partial charge on any atom is -0.324 e. The number of benzene rings is 1. The van der Waals surface area contributed by atoms with Crippen LogP contribution in [0.5, 0.6) is 0 Å². The van der Waals surface area contributed by atoms with E-state index in [9.17, 15) is 14.4 Å². The van der Waals surface area contributed by atoms with Crippen molar-refractivity contribution < 1.29 is 4.79 Å². The lowest BCUT2D eigenvalue weighted by atomic mass is 10.1. The Balaban J connectivity index is 1.71. The molecule has 1 N–H and O–H groups in total. The van der Waals surface area contributed by atoms with Gasteiger partial charge in [-0.3, -0.25) is 14.2 Å². The molecule has 0 spiro atoms. The number of fused-ring (bicyclic) bond motifs is 3. The first kappa shape index (κ1) is 20.1. The summed E-state index contributed by atoms with van der Waals surface area (Å²) in [7, 11) is 0. The van der Waals surface area contributed by atoms with Crippen LogP contribution in [-0.2, 0) is 24.3 Å². The zero-order valence-electron chi connectivity index (χ0n) is 16.9. The van der Waals surface area contributed by atoms with Crippen LogP contribution < -0.4 is 16.6 Å². The molecule has 9 heteroatoms. The number of rotatable bonds is 7. The molecule has 4 rings (SSSR count). The Kier molecular flexibility index (Phi) is 5.54. The number of nitrogens with one attached hydrogen (secondary N) is 1. The number of carbonyl (C=O) groups excluding carboxylic acids is 1. The average molecular weight is 426 g/mol. The van der Waals surface area contributed by atoms with Gasteiger partial charge in [0.1, 0.15) is 11.2 Å². The zero-order valence-corrected chi connectivity index (χ0v) is 17.7. The highest BCUT2D eigenvalue weighted by atomic mass is 32.1. The van der Waals surface area contributed by atoms with Crippen molar-refractivity contribution in [2.75, 3.05) is 5.32 Å². The van der Waals surface area contributed by atoms with Crippen LogP contribution in [0.4, 0.5) is 5.69 Å². The first-order valence-corrected chi connectivity index (χ1v) is 10.9. The molecule has 0 aliphatic carbocycles. The largest absolute Gasteiger partial charge is 0.352 e. The van der Waals surface area contributed by atoms with Gasteiger partial charge in [-0.25, -0.2) is 13.9 Å². The Morgan fingerprint density at radius 2 is 1.90 bits per heavy atom. The van der Waals surface area contributed by atoms with Crippen molar-refractivity contribution in [2.45, 2.75) is 46.2 Å². The summed E-state index contributed by atoms with van der Waals surface area (Å²) in [6.07, 6.45) is 2.62. The highest BCUT2D eigenvalue weighted by Crippen LogP contribution is 2.17. The van der Waals surface area contributed by atoms with Crippen molar-refractivity contribution in [3.63, 3.8) is 0 Å². The second kappa shape index (κ2) is 8.27. The highest BCUT2D eigenvalue weighted by Gasteiger charge is 2.19. The fourth-order valence-electron chi connectivity index (χ4n) is 3.42. The van der Waals surface area contributed by atoms with E-state index in [2.05, 4.69) is 17.3 Å². The SMILES string of the molecule is CCCCn1c(=O)c2sccc2n2c(=O)n(CC(=O)Nc3ccc(CC)cc3)nc12. The average Bonchev–Trinajstić information content (AvgIpc) is 3.34. The molecule has 4 aromatic rings. The van der Waals surface area contributed by atoms with Crippen molar-refractivity contribution in [3.05, 3.63) is 62.1 Å². The summed E-state index contributed by atoms with van der Waals surface area (Å²) in [5.41, 5.74) is 1.77. The van der Waals surface area contributed by atoms with Crippen LogP contribution in [0, 0.1) is 0 Å². The monoisotopic (exact) mass is 425 g/mol. The van der Waals surface area contributed by atoms with Gasteiger partial charge in [-0.15, -0.1) is 16.4 Å². The lowest BCUT2D eigenvalue weighted by Crippen LogP contribution is -2.29. The predicted molar refractivity (Wildman–Crippen MR) is 118 cm³/mol. The number of nitrogens with zero attached hydrogens (tertiary/aromatic N) is 4. The third-order valence-corrected chi connectivity index (χ3v) is 5.95. The first-order chi connectivity index (χ1) is 14.5. The van der Waals surface area contributed by atoms with Gasteiger partial charge in [0.2, 0.25) is 11.7 Å². The molecule has 0 aliphatic heterocycles. The van der Waals surface area contributed by atoms with E-state index < -0.39 is 5.69 Å². The van der Waals surface area contributed by atoms with E-state index in [1.807, 2.05) is 31.2 Å². The number of aryl methyl sites for hydroxylation is 2. The summed E-state index contributed by atoms with van der Waals surface area (Å²) in [5.74, 6) is -0.0850. The molecular formula is C21H23N5O3S. The molecule has 0 unspecified atom stereocenters. The molecule has 0 saturated heterocycles. The van der Waals surface area contributed by atoms with Gasteiger partial charge in [0, 0.05) is 12.2 Å². The van der Waals surface area contributed by atoms with Crippen LogP contribution in [-0.4, -0.2) is 24.7 Å². The number of hydrogen-bond donors (Lipinski definition) is 1. The van der Waals surface area contributed by atoms with Crippen LogP contribution >= 0.6 is 11.3 Å². The normalized spacial score (nSPS) is 11.4. The van der Waals surface area contributed by atoms with Crippen LogP contribution in [0.15, 0.2) is 45.3 Å². The molecule has 0 radical (unpaired) electrons. The Labute approximate surface area is 176 Å². The molecule has 0 bridgehead atoms. The molecule has 156 valence electrons. The van der Waals surface area contributed by atoms with Crippen molar-refractivity contribution >= 4 is 38.9 Å². The van der Waals surface area contributed by atoms with E-state index in [-0.39, 0.29) is 23.8 Å². The fraction of sp³-hybridized carbons (Fsp3) is 0.333. The maximum Gasteiger partial charge on any atom is 0.352 e. The highest BCUT2D eigenvalue weighted by molar-refractivity contribution is 7.17. The molecule has 8 nitrogen and oxygen atoms in total. The quantitative estimate of drug-likeness (QED) is 0.493. The Morgan fingerprint density at radius 3 is 2.60 bits per heavy atom. The maximum absolute atomic E-state index is 13.0. The molecular weight excluding hydrogens is 402 g/mol. The van der Waals surface area contributed by atoms with Gasteiger partial charge in [0.05, 0.1) is 5.52 Å². The molecule has 0 saturated carbocycles. The van der Waals surface area contributed by atoms with E-state index in [1.165, 1.54) is 25.9 Å². The van der Waals surface area contributed by atoms with Crippen molar-refractivity contribution in [1.29, 1.82) is 0 Å². The zero-order chi connectivity index (χ0) is 21.3. The van der Waals surface area contributed by atoms with Crippen LogP contribution in [0.3, 0.4) is 0 Å². The van der Waals surface area contributed by atoms with Crippen LogP contribution in [0.25, 0.3) is 16.0 Å². The number of unbranched alkanes of at least 4 members (excludes halogenated alkanes) is 1. The van der Waals surface area contributed by atoms with Crippen molar-refractivity contribution in [3.8, 4) is 0 Å². The number of aromatic nitrogens is 4. The second-order valence-electron chi connectivity index (χ2n) is 7.12. The van der Waals surface area contributed by atoms with Gasteiger partial charge < -0.3 is 5.32 Å². The molecule has 30 heavy (non-hydrogen) atoms. The summed E-state index contributed by atoms with van der Waals surface area (Å²) in [6, 6.07) is 9.31. The van der Waals surface area contributed by atoms with Gasteiger partial charge in [-0.05, 0) is 42.0 Å². The smallest absolute Gasteiger partial charge is 0.324 e. The van der Waals surface area contributed by atoms with E-state index in [1.54, 1.807) is 11.4 Å². The predicted octanol–water partition coefficient (Wildman–Crippen LogP) is 2.87. The molecule has 0 atom stereocenters. The van der Waals surface area contributed by atoms with Crippen LogP contribution in [0.2, 0.25) is 0 Å². The second-order valence-corrected chi connectivity index (χ2v) is 8.04. The third-order valence-electron chi connectivity index (χ3n) is 5.06. The maximum atomic E-state index is 13.0. The molecule has 1 aromatic carbocycles. The minimum atomic E-state index is -0.435. The minimum absolute atomic E-state index is 0.154. The van der Waals surface area contributed by atoms with Crippen molar-refractivity contribution in [2.24, 2.45) is 0 Å². The first-order valence-electron chi connectivity index (χ1n) is 10.0. The van der Waals surface area contributed by atoms with Gasteiger partial charge in [-0.2, -0.15) is 0 Å². The van der Waals surface area contributed by atoms with Gasteiger partial charge in [0.25, 0.3) is 5.56 Å². The van der Waals surface area contributed by atoms with Gasteiger partial charge >= 0.3 is 5.69 Å². The molecule has 3 aromatic heterocycles. The van der Waals surface area contributed by atoms with E-state index >= 15 is 0 Å². The third kappa shape index (κ3) is 3.56. The van der Waals surface area contributed by atoms with Gasteiger partial charge in [0.15, 0.2) is 0 Å². The number of carbonyl (C=O) groups is 1. The summed E-state index contributed by atoms with van der Waals surface area (Å²) >= 11 is 1.30. The van der Waals surface area contributed by atoms with Crippen molar-refractivity contribution in [1.82, 2.24) is 18.7 Å². The molecule has 0 fully saturated rings. The number of thiophene rings is 1. The van der Waals surface area contributed by atoms with Crippen LogP contribution in [0.1, 0.15) is 32.3 Å². The van der Waals surface area contributed by atoms with E-state index in [4.69, 9.17) is 0 Å². The fourth-order valence-corrected chi connectivity index (χ4v) is 4.24. The van der Waals surface area contributed by atoms with E-state index in [0.29, 0.717) is 22.4 Å². The summed E-state index contributed by atoms with van der Waals surface area (Å²) in [5, 5.41) is 8.91. The number of anilines is 1. The van der Waals surface area contributed by atoms with E-state index in [0.717, 1.165) is 23.9 Å². The number of hydrogen-bond acceptors (Lipinski definition) is 5. The topological polar surface area (TPSA) is 90.4 Å². The Hall–Kier alpha value is -3.20. The summed E-state index contributed by atoms with van der Waals surface area (Å²) in [6.45, 7) is 4.34. The Bertz CT molecular complexity index is 1330. The standard InChI is InChI=1S/C21H23N5O3S/c1-3-5-11-24-19(28)18-16(10-12-30-18)26-20(24)23-25(21(26)29)13-17(27)22-15-8-6-14(4-2)7-9-15/h6-10,12H,3-5,11,13H2,1-2H3,(H,22,27). The summed E-state index contributed by atoms with van der Waals surface area (Å²) in [4.78, 5) is 38.4. The molecule has 1 amide bonds. The molecule has 0 aliphatic rings. The Morgan fingerprint density at radius 1 is 1.13 bits per heavy atom. The lowest BCUT2D eigenvalue weighted by molar-refractivity contribution is -0.117. The summed E-state index contributed by atoms with van der Waals surface area (Å²) < 4.78 is 4.58. The van der Waals surface area contributed by atoms with Gasteiger partial charge in [-0.1, -0.05) is 32.4 Å². The lowest BCUT2D eigenvalue weighted by Gasteiger charge is -2.06. The number of amides is 1. The molecule has 3 heterocycles.